The Balaban J connectivity index is 1.17. The molecule has 2 spiro atoms. The molecule has 9 atom stereocenters. The van der Waals surface area contributed by atoms with Crippen molar-refractivity contribution >= 4 is 5.78 Å². The third-order valence-electron chi connectivity index (χ3n) is 13.9. The highest BCUT2D eigenvalue weighted by Crippen LogP contribution is 2.78. The minimum Gasteiger partial charge on any atom is -0.461 e. The summed E-state index contributed by atoms with van der Waals surface area (Å²) in [6.07, 6.45) is 13.6. The van der Waals surface area contributed by atoms with E-state index in [9.17, 15) is 20.1 Å². The van der Waals surface area contributed by atoms with Gasteiger partial charge in [0.05, 0.1) is 37.3 Å². The smallest absolute Gasteiger partial charge is 0.224 e. The van der Waals surface area contributed by atoms with Crippen LogP contribution >= 0.6 is 0 Å². The number of nitrogens with zero attached hydrogens (tertiary/aromatic N) is 1. The summed E-state index contributed by atoms with van der Waals surface area (Å²) in [4.78, 5) is 16.7. The van der Waals surface area contributed by atoms with Crippen LogP contribution in [0.15, 0.2) is 76.9 Å². The van der Waals surface area contributed by atoms with Crippen molar-refractivity contribution in [2.75, 3.05) is 40.0 Å². The predicted octanol–water partition coefficient (Wildman–Crippen LogP) is 5.97. The van der Waals surface area contributed by atoms with Gasteiger partial charge in [-0.25, -0.2) is 0 Å². The minimum atomic E-state index is -1.02. The van der Waals surface area contributed by atoms with Crippen LogP contribution in [0.1, 0.15) is 81.3 Å². The van der Waals surface area contributed by atoms with Crippen molar-refractivity contribution in [3.63, 3.8) is 0 Å². The zero-order valence-electron chi connectivity index (χ0n) is 29.5. The Morgan fingerprint density at radius 3 is 2.53 bits per heavy atom. The van der Waals surface area contributed by atoms with Gasteiger partial charge in [-0.1, -0.05) is 62.4 Å². The number of carbonyl (C=O) groups excluding carboxylic acids is 1. The Morgan fingerprint density at radius 1 is 1.02 bits per heavy atom. The van der Waals surface area contributed by atoms with Crippen LogP contribution < -0.4 is 0 Å². The molecule has 1 aromatic carbocycles. The first kappa shape index (κ1) is 34.8. The maximum atomic E-state index is 14.5. The molecular formula is C41H55NO7. The van der Waals surface area contributed by atoms with E-state index in [2.05, 4.69) is 37.0 Å². The van der Waals surface area contributed by atoms with E-state index in [1.807, 2.05) is 30.3 Å². The first-order valence-electron chi connectivity index (χ1n) is 18.4. The summed E-state index contributed by atoms with van der Waals surface area (Å²) >= 11 is 0. The highest BCUT2D eigenvalue weighted by atomic mass is 16.5. The lowest BCUT2D eigenvalue weighted by Crippen LogP contribution is -2.67. The number of rotatable bonds is 14. The number of furan rings is 1. The number of hydrogen-bond acceptors (Lipinski definition) is 8. The fourth-order valence-corrected chi connectivity index (χ4v) is 11.4. The van der Waals surface area contributed by atoms with E-state index >= 15 is 0 Å². The number of allylic oxidation sites excluding steroid dienone is 4. The molecule has 8 rings (SSSR count). The third-order valence-corrected chi connectivity index (χ3v) is 13.9. The molecule has 1 heterocycles. The van der Waals surface area contributed by atoms with Crippen molar-refractivity contribution in [1.29, 1.82) is 0 Å². The summed E-state index contributed by atoms with van der Waals surface area (Å²) in [5.74, 6) is 0.550. The average Bonchev–Trinajstić information content (AvgIpc) is 3.71. The molecule has 6 aliphatic carbocycles. The monoisotopic (exact) mass is 673 g/mol. The Morgan fingerprint density at radius 2 is 1.78 bits per heavy atom. The largest absolute Gasteiger partial charge is 0.461 e. The summed E-state index contributed by atoms with van der Waals surface area (Å²) in [6, 6.07) is 13.5. The molecule has 49 heavy (non-hydrogen) atoms. The molecule has 2 bridgehead atoms. The van der Waals surface area contributed by atoms with E-state index in [4.69, 9.17) is 13.9 Å². The Kier molecular flexibility index (Phi) is 9.38. The summed E-state index contributed by atoms with van der Waals surface area (Å²) < 4.78 is 17.0. The fraction of sp³-hybridized carbons (Fsp3) is 0.634. The van der Waals surface area contributed by atoms with Crippen molar-refractivity contribution in [3.8, 4) is 0 Å². The van der Waals surface area contributed by atoms with Crippen molar-refractivity contribution in [2.24, 2.45) is 33.5 Å². The Hall–Kier alpha value is -2.59. The Bertz CT molecular complexity index is 1540. The lowest BCUT2D eigenvalue weighted by atomic mass is 9.32. The highest BCUT2D eigenvalue weighted by molar-refractivity contribution is 6.08. The maximum absolute atomic E-state index is 14.5. The molecule has 3 N–H and O–H groups in total. The summed E-state index contributed by atoms with van der Waals surface area (Å²) in [5, 5.41) is 35.0. The third kappa shape index (κ3) is 5.62. The number of carbonyl (C=O) groups is 1. The molecule has 8 heteroatoms. The number of benzene rings is 1. The molecular weight excluding hydrogens is 618 g/mol. The van der Waals surface area contributed by atoms with Gasteiger partial charge in [0.2, 0.25) is 5.78 Å². The van der Waals surface area contributed by atoms with Gasteiger partial charge in [-0.2, -0.15) is 0 Å². The lowest BCUT2D eigenvalue weighted by Gasteiger charge is -2.71. The predicted molar refractivity (Wildman–Crippen MR) is 187 cm³/mol. The summed E-state index contributed by atoms with van der Waals surface area (Å²) in [7, 11) is 1.70. The van der Waals surface area contributed by atoms with Gasteiger partial charge < -0.3 is 29.2 Å². The second-order valence-corrected chi connectivity index (χ2v) is 16.4. The van der Waals surface area contributed by atoms with Crippen molar-refractivity contribution in [3.05, 3.63) is 83.9 Å². The zero-order valence-corrected chi connectivity index (χ0v) is 29.5. The number of fused-ring (bicyclic) bond motifs is 1. The van der Waals surface area contributed by atoms with Crippen molar-refractivity contribution in [1.82, 2.24) is 4.90 Å². The van der Waals surface area contributed by atoms with E-state index in [1.54, 1.807) is 25.5 Å². The van der Waals surface area contributed by atoms with Gasteiger partial charge in [0.1, 0.15) is 0 Å². The molecule has 6 aliphatic rings. The highest BCUT2D eigenvalue weighted by Gasteiger charge is 2.74. The zero-order chi connectivity index (χ0) is 34.5. The van der Waals surface area contributed by atoms with Gasteiger partial charge in [0.15, 0.2) is 5.76 Å². The SMILES string of the molecule is COCCCN(C[C@@H](O)COCc1ccccc1)C[C@]1(O)CC[C@H]2[C@]34C=C[C@@]5(C=C3C(=O)c3ccco3)CC(O)CC[C@]5(C)[C@H]4CC[C@@]21C. The van der Waals surface area contributed by atoms with Crippen molar-refractivity contribution < 1.29 is 34.0 Å². The molecule has 8 nitrogen and oxygen atoms in total. The summed E-state index contributed by atoms with van der Waals surface area (Å²) in [6.45, 7) is 7.41. The molecule has 3 fully saturated rings. The molecule has 1 aromatic heterocycles. The number of aliphatic hydroxyl groups excluding tert-OH is 2. The van der Waals surface area contributed by atoms with Crippen LogP contribution in [0.5, 0.6) is 0 Å². The normalized spacial score (nSPS) is 38.2. The maximum Gasteiger partial charge on any atom is 0.224 e. The second kappa shape index (κ2) is 13.2. The number of methoxy groups -OCH3 is 1. The van der Waals surface area contributed by atoms with Crippen LogP contribution in [0.2, 0.25) is 0 Å². The molecule has 1 unspecified atom stereocenters. The molecule has 3 saturated carbocycles. The van der Waals surface area contributed by atoms with Crippen LogP contribution in [-0.2, 0) is 16.1 Å². The average molecular weight is 674 g/mol. The number of aliphatic hydroxyl groups is 3. The first-order chi connectivity index (χ1) is 23.5. The second-order valence-electron chi connectivity index (χ2n) is 16.4. The van der Waals surface area contributed by atoms with Gasteiger partial charge in [0.25, 0.3) is 0 Å². The van der Waals surface area contributed by atoms with Gasteiger partial charge in [-0.3, -0.25) is 9.69 Å². The van der Waals surface area contributed by atoms with Gasteiger partial charge in [0, 0.05) is 55.2 Å². The lowest BCUT2D eigenvalue weighted by molar-refractivity contribution is -0.177. The van der Waals surface area contributed by atoms with Gasteiger partial charge in [-0.15, -0.1) is 0 Å². The van der Waals surface area contributed by atoms with Crippen LogP contribution in [0.4, 0.5) is 0 Å². The standard InChI is InChI=1S/C41H55NO7/c1-37-15-12-30(43)23-39(37)18-19-41(32(24-39)36(45)33-11-7-22-49-33)34(37)13-16-38(2)35(41)14-17-40(38,46)28-42(20-8-21-47-3)25-31(44)27-48-26-29-9-5-4-6-10-29/h4-7,9-11,18-19,22,24,30-31,34-35,43-44,46H,8,12-17,20-21,23,25-28H2,1-3H3/t30?,31-,34-,35-,37-,38+,39+,40-,41-/m1/s1. The van der Waals surface area contributed by atoms with Crippen LogP contribution in [0.25, 0.3) is 0 Å². The van der Waals surface area contributed by atoms with Crippen LogP contribution in [-0.4, -0.2) is 83.8 Å². The number of Topliss-reactive ketones (excluding diaryl/α,β-unsaturated/α-hetero) is 1. The molecule has 0 aliphatic heterocycles. The van der Waals surface area contributed by atoms with E-state index in [0.717, 1.165) is 49.7 Å². The van der Waals surface area contributed by atoms with Crippen LogP contribution in [0.3, 0.4) is 0 Å². The minimum absolute atomic E-state index is 0.0482. The summed E-state index contributed by atoms with van der Waals surface area (Å²) in [5.41, 5.74) is -0.630. The topological polar surface area (TPSA) is 113 Å². The fourth-order valence-electron chi connectivity index (χ4n) is 11.4. The first-order valence-corrected chi connectivity index (χ1v) is 18.4. The van der Waals surface area contributed by atoms with E-state index in [-0.39, 0.29) is 35.1 Å². The van der Waals surface area contributed by atoms with Gasteiger partial charge in [-0.05, 0) is 86.3 Å². The Labute approximate surface area is 291 Å². The molecule has 266 valence electrons. The molecule has 0 radical (unpaired) electrons. The number of hydrogen-bond donors (Lipinski definition) is 3. The van der Waals surface area contributed by atoms with Crippen LogP contribution in [0, 0.1) is 33.5 Å². The molecule has 0 amide bonds. The van der Waals surface area contributed by atoms with E-state index in [1.165, 1.54) is 0 Å². The van der Waals surface area contributed by atoms with Crippen molar-refractivity contribution in [2.45, 2.75) is 89.6 Å². The molecule has 0 saturated heterocycles. The van der Waals surface area contributed by atoms with Gasteiger partial charge >= 0.3 is 0 Å². The number of ketones is 1. The molecule has 2 aromatic rings. The quantitative estimate of drug-likeness (QED) is 0.128. The number of ether oxygens (including phenoxy) is 2. The van der Waals surface area contributed by atoms with E-state index < -0.39 is 28.6 Å². The van der Waals surface area contributed by atoms with E-state index in [0.29, 0.717) is 51.4 Å².